The quantitative estimate of drug-likeness (QED) is 0.476. The number of nitrogen functional groups attached to an aromatic ring is 1. The van der Waals surface area contributed by atoms with Crippen LogP contribution in [-0.4, -0.2) is 34.5 Å². The minimum Gasteiger partial charge on any atom is -0.383 e. The summed E-state index contributed by atoms with van der Waals surface area (Å²) >= 11 is 1.06. The van der Waals surface area contributed by atoms with Crippen molar-refractivity contribution >= 4 is 29.5 Å². The number of carbonyl (C=O) groups excluding carboxylic acids is 1. The fourth-order valence-corrected chi connectivity index (χ4v) is 5.44. The Morgan fingerprint density at radius 2 is 2.14 bits per heavy atom. The van der Waals surface area contributed by atoms with Crippen molar-refractivity contribution in [2.75, 3.05) is 24.2 Å². The Balaban J connectivity index is 1.26. The monoisotopic (exact) mass is 519 g/mol. The molecule has 0 spiro atoms. The average molecular weight is 520 g/mol. The van der Waals surface area contributed by atoms with Crippen LogP contribution in [0.1, 0.15) is 48.2 Å². The maximum absolute atomic E-state index is 13.9. The Morgan fingerprint density at radius 1 is 1.36 bits per heavy atom. The van der Waals surface area contributed by atoms with E-state index in [1.165, 1.54) is 17.3 Å². The van der Waals surface area contributed by atoms with Crippen LogP contribution in [0.4, 0.5) is 24.8 Å². The number of hydrogen-bond donors (Lipinski definition) is 3. The van der Waals surface area contributed by atoms with E-state index < -0.39 is 11.9 Å². The zero-order valence-electron chi connectivity index (χ0n) is 20.0. The third-order valence-corrected chi connectivity index (χ3v) is 7.84. The van der Waals surface area contributed by atoms with Gasteiger partial charge in [0, 0.05) is 31.6 Å². The van der Waals surface area contributed by atoms with Crippen LogP contribution in [0.5, 0.6) is 0 Å². The minimum atomic E-state index is -4.59. The topological polar surface area (TPSA) is 99.4 Å². The van der Waals surface area contributed by atoms with Gasteiger partial charge >= 0.3 is 6.18 Å². The molecule has 1 amide bonds. The summed E-state index contributed by atoms with van der Waals surface area (Å²) in [5.41, 5.74) is 6.94. The van der Waals surface area contributed by atoms with Crippen molar-refractivity contribution in [3.8, 4) is 0 Å². The molecule has 1 aliphatic heterocycles. The van der Waals surface area contributed by atoms with Crippen molar-refractivity contribution in [3.05, 3.63) is 57.9 Å². The molecule has 0 saturated heterocycles. The van der Waals surface area contributed by atoms with E-state index >= 15 is 0 Å². The molecule has 8 nitrogen and oxygen atoms in total. The highest BCUT2D eigenvalue weighted by atomic mass is 32.2. The normalized spacial score (nSPS) is 22.9. The standard InChI is InChI=1S/C24H28F3N7OS/c1-13-9-15(13)10-33(2)20-6-3-14(21(31-20)24(25,26)27)11-34-12-19(36-32-34)23(35)30-18-5-4-17-16(18)7-8-29-22(17)28/h3,6-8,12-13,15,18,32H,4-5,9-11H2,1-2H3,(H2,28,29)(H,30,35)/t13?,15?,18-/m1/s1. The van der Waals surface area contributed by atoms with Crippen LogP contribution in [0.15, 0.2) is 35.5 Å². The lowest BCUT2D eigenvalue weighted by Gasteiger charge is -2.22. The third-order valence-electron chi connectivity index (χ3n) is 7.01. The first-order valence-corrected chi connectivity index (χ1v) is 12.6. The lowest BCUT2D eigenvalue weighted by Crippen LogP contribution is -2.27. The molecular weight excluding hydrogens is 491 g/mol. The number of carbonyl (C=O) groups is 1. The highest BCUT2D eigenvalue weighted by Gasteiger charge is 2.38. The van der Waals surface area contributed by atoms with E-state index in [1.807, 2.05) is 6.07 Å². The number of pyridine rings is 2. The SMILES string of the molecule is CC1CC1CN(C)c1ccc(CN2C=C(C(=O)N[C@@H]3CCc4c3ccnc4N)SN2)c(C(F)(F)F)n1. The number of amides is 1. The van der Waals surface area contributed by atoms with Crippen LogP contribution in [0.2, 0.25) is 0 Å². The number of alkyl halides is 3. The number of nitrogens with one attached hydrogen (secondary N) is 2. The average Bonchev–Trinajstić information content (AvgIpc) is 3.19. The highest BCUT2D eigenvalue weighted by molar-refractivity contribution is 8.02. The smallest absolute Gasteiger partial charge is 0.383 e. The van der Waals surface area contributed by atoms with Crippen LogP contribution in [0, 0.1) is 11.8 Å². The molecule has 0 radical (unpaired) electrons. The Hall–Kier alpha value is -2.99. The van der Waals surface area contributed by atoms with E-state index in [2.05, 4.69) is 27.0 Å². The van der Waals surface area contributed by atoms with Crippen LogP contribution >= 0.6 is 11.9 Å². The first-order chi connectivity index (χ1) is 17.1. The van der Waals surface area contributed by atoms with Crippen LogP contribution < -0.4 is 20.8 Å². The van der Waals surface area contributed by atoms with Crippen LogP contribution in [-0.2, 0) is 23.9 Å². The lowest BCUT2D eigenvalue weighted by molar-refractivity contribution is -0.142. The number of fused-ring (bicyclic) bond motifs is 1. The van der Waals surface area contributed by atoms with Gasteiger partial charge in [-0.3, -0.25) is 9.80 Å². The Kier molecular flexibility index (Phi) is 6.50. The number of aromatic nitrogens is 2. The zero-order chi connectivity index (χ0) is 25.6. The maximum atomic E-state index is 13.9. The number of halogens is 3. The highest BCUT2D eigenvalue weighted by Crippen LogP contribution is 2.39. The molecule has 0 aromatic carbocycles. The summed E-state index contributed by atoms with van der Waals surface area (Å²) in [6, 6.07) is 4.75. The molecule has 36 heavy (non-hydrogen) atoms. The summed E-state index contributed by atoms with van der Waals surface area (Å²) in [5.74, 6) is 1.57. The number of hydrazine groups is 1. The van der Waals surface area contributed by atoms with Crippen LogP contribution in [0.25, 0.3) is 0 Å². The molecule has 3 heterocycles. The van der Waals surface area contributed by atoms with Gasteiger partial charge in [0.2, 0.25) is 0 Å². The zero-order valence-corrected chi connectivity index (χ0v) is 20.8. The van der Waals surface area contributed by atoms with E-state index in [0.717, 1.165) is 35.9 Å². The number of hydrogen-bond acceptors (Lipinski definition) is 8. The number of rotatable bonds is 7. The largest absolute Gasteiger partial charge is 0.433 e. The van der Waals surface area contributed by atoms with Crippen molar-refractivity contribution in [2.45, 2.75) is 44.9 Å². The van der Waals surface area contributed by atoms with Gasteiger partial charge in [0.05, 0.1) is 12.6 Å². The van der Waals surface area contributed by atoms with Gasteiger partial charge in [-0.25, -0.2) is 9.97 Å². The number of anilines is 2. The van der Waals surface area contributed by atoms with Gasteiger partial charge in [0.1, 0.15) is 16.5 Å². The van der Waals surface area contributed by atoms with Gasteiger partial charge in [-0.1, -0.05) is 13.0 Å². The summed E-state index contributed by atoms with van der Waals surface area (Å²) in [6.07, 6.45) is 1.08. The van der Waals surface area contributed by atoms with Crippen molar-refractivity contribution in [1.82, 2.24) is 25.1 Å². The molecule has 1 saturated carbocycles. The molecule has 12 heteroatoms. The number of nitrogens with zero attached hydrogens (tertiary/aromatic N) is 4. The van der Waals surface area contributed by atoms with E-state index in [4.69, 9.17) is 5.73 Å². The summed E-state index contributed by atoms with van der Waals surface area (Å²) < 4.78 is 41.6. The molecule has 4 N–H and O–H groups in total. The van der Waals surface area contributed by atoms with Gasteiger partial charge in [-0.2, -0.15) is 18.0 Å². The van der Waals surface area contributed by atoms with E-state index in [1.54, 1.807) is 24.2 Å². The molecule has 2 unspecified atom stereocenters. The van der Waals surface area contributed by atoms with Crippen molar-refractivity contribution in [3.63, 3.8) is 0 Å². The van der Waals surface area contributed by atoms with Gasteiger partial charge in [0.15, 0.2) is 5.69 Å². The molecule has 2 aromatic rings. The molecule has 1 fully saturated rings. The first kappa shape index (κ1) is 24.7. The molecule has 3 aliphatic rings. The second-order valence-corrected chi connectivity index (χ2v) is 10.5. The fraction of sp³-hybridized carbons (Fsp3) is 0.458. The molecule has 192 valence electrons. The minimum absolute atomic E-state index is 0.0261. The molecule has 0 bridgehead atoms. The van der Waals surface area contributed by atoms with Crippen molar-refractivity contribution < 1.29 is 18.0 Å². The molecular formula is C24H28F3N7OS. The van der Waals surface area contributed by atoms with E-state index in [0.29, 0.717) is 41.3 Å². The van der Waals surface area contributed by atoms with Gasteiger partial charge in [-0.05, 0) is 66.3 Å². The second kappa shape index (κ2) is 9.47. The fourth-order valence-electron chi connectivity index (χ4n) is 4.78. The van der Waals surface area contributed by atoms with E-state index in [-0.39, 0.29) is 24.1 Å². The summed E-state index contributed by atoms with van der Waals surface area (Å²) in [5, 5.41) is 4.46. The molecule has 5 rings (SSSR count). The van der Waals surface area contributed by atoms with Crippen molar-refractivity contribution in [1.29, 1.82) is 0 Å². The Labute approximate surface area is 211 Å². The molecule has 3 atom stereocenters. The lowest BCUT2D eigenvalue weighted by atomic mass is 10.1. The summed E-state index contributed by atoms with van der Waals surface area (Å²) in [7, 11) is 1.77. The maximum Gasteiger partial charge on any atom is 0.433 e. The van der Waals surface area contributed by atoms with Gasteiger partial charge < -0.3 is 16.0 Å². The van der Waals surface area contributed by atoms with Gasteiger partial charge in [0.25, 0.3) is 5.91 Å². The first-order valence-electron chi connectivity index (χ1n) is 11.8. The van der Waals surface area contributed by atoms with Crippen molar-refractivity contribution in [2.24, 2.45) is 11.8 Å². The Morgan fingerprint density at radius 3 is 2.86 bits per heavy atom. The number of nitrogens with two attached hydrogens (primary N) is 1. The third kappa shape index (κ3) is 5.10. The van der Waals surface area contributed by atoms with Crippen LogP contribution in [0.3, 0.4) is 0 Å². The molecule has 2 aromatic heterocycles. The molecule has 2 aliphatic carbocycles. The summed E-state index contributed by atoms with van der Waals surface area (Å²) in [4.78, 5) is 26.0. The predicted molar refractivity (Wildman–Crippen MR) is 132 cm³/mol. The Bertz CT molecular complexity index is 1200. The predicted octanol–water partition coefficient (Wildman–Crippen LogP) is 3.78. The van der Waals surface area contributed by atoms with E-state index in [9.17, 15) is 18.0 Å². The van der Waals surface area contributed by atoms with Gasteiger partial charge in [-0.15, -0.1) is 0 Å². The summed E-state index contributed by atoms with van der Waals surface area (Å²) in [6.45, 7) is 2.73. The second-order valence-electron chi connectivity index (χ2n) is 9.67.